The van der Waals surface area contributed by atoms with Gasteiger partial charge >= 0.3 is 5.97 Å². The molecule has 0 aliphatic heterocycles. The Labute approximate surface area is 145 Å². The molecule has 1 saturated carbocycles. The fourth-order valence-electron chi connectivity index (χ4n) is 2.81. The summed E-state index contributed by atoms with van der Waals surface area (Å²) in [5.74, 6) is -2.08. The third-order valence-corrected chi connectivity index (χ3v) is 5.83. The SMILES string of the molecule is CCN(CC(=O)O)C1CC(NS(=O)(=O)Cc2c(F)cccc2Cl)C1. The minimum absolute atomic E-state index is 0.0378. The molecule has 2 N–H and O–H groups in total. The van der Waals surface area contributed by atoms with E-state index in [1.54, 1.807) is 4.90 Å². The summed E-state index contributed by atoms with van der Waals surface area (Å²) in [5.41, 5.74) is -0.0522. The van der Waals surface area contributed by atoms with Gasteiger partial charge in [-0.15, -0.1) is 0 Å². The Balaban J connectivity index is 1.92. The third-order valence-electron chi connectivity index (χ3n) is 4.12. The van der Waals surface area contributed by atoms with Crippen molar-refractivity contribution in [1.82, 2.24) is 9.62 Å². The van der Waals surface area contributed by atoms with Crippen LogP contribution < -0.4 is 4.72 Å². The molecular formula is C15H20ClFN2O4S. The summed E-state index contributed by atoms with van der Waals surface area (Å²) < 4.78 is 40.6. The molecule has 0 heterocycles. The molecule has 134 valence electrons. The number of carboxylic acid groups (broad SMARTS) is 1. The fraction of sp³-hybridized carbons (Fsp3) is 0.533. The van der Waals surface area contributed by atoms with E-state index in [9.17, 15) is 17.6 Å². The van der Waals surface area contributed by atoms with Crippen molar-refractivity contribution >= 4 is 27.6 Å². The van der Waals surface area contributed by atoms with Crippen molar-refractivity contribution < 1.29 is 22.7 Å². The van der Waals surface area contributed by atoms with Gasteiger partial charge < -0.3 is 5.11 Å². The number of carboxylic acids is 1. The van der Waals surface area contributed by atoms with E-state index in [1.165, 1.54) is 18.2 Å². The number of halogens is 2. The number of sulfonamides is 1. The van der Waals surface area contributed by atoms with Gasteiger partial charge in [0.1, 0.15) is 5.82 Å². The number of hydrogen-bond donors (Lipinski definition) is 2. The summed E-state index contributed by atoms with van der Waals surface area (Å²) in [4.78, 5) is 12.6. The van der Waals surface area contributed by atoms with E-state index in [0.717, 1.165) is 0 Å². The topological polar surface area (TPSA) is 86.7 Å². The molecule has 9 heteroatoms. The lowest BCUT2D eigenvalue weighted by molar-refractivity contribution is -0.139. The number of aliphatic carboxylic acids is 1. The van der Waals surface area contributed by atoms with Crippen LogP contribution in [0.4, 0.5) is 4.39 Å². The molecule has 0 unspecified atom stereocenters. The third kappa shape index (κ3) is 4.89. The Morgan fingerprint density at radius 1 is 1.46 bits per heavy atom. The van der Waals surface area contributed by atoms with Crippen molar-refractivity contribution in [2.75, 3.05) is 13.1 Å². The Kier molecular flexibility index (Phi) is 6.19. The van der Waals surface area contributed by atoms with E-state index in [-0.39, 0.29) is 29.2 Å². The molecule has 1 aromatic carbocycles. The Morgan fingerprint density at radius 2 is 2.12 bits per heavy atom. The van der Waals surface area contributed by atoms with E-state index in [1.807, 2.05) is 6.92 Å². The van der Waals surface area contributed by atoms with E-state index < -0.39 is 27.6 Å². The number of likely N-dealkylation sites (N-methyl/N-ethyl adjacent to an activating group) is 1. The van der Waals surface area contributed by atoms with Gasteiger partial charge in [0.15, 0.2) is 0 Å². The first-order valence-corrected chi connectivity index (χ1v) is 9.63. The number of nitrogens with one attached hydrogen (secondary N) is 1. The first-order valence-electron chi connectivity index (χ1n) is 7.60. The largest absolute Gasteiger partial charge is 0.480 e. The number of carbonyl (C=O) groups is 1. The highest BCUT2D eigenvalue weighted by Crippen LogP contribution is 2.27. The van der Waals surface area contributed by atoms with Gasteiger partial charge in [0.25, 0.3) is 0 Å². The monoisotopic (exact) mass is 378 g/mol. The maximum absolute atomic E-state index is 13.7. The van der Waals surface area contributed by atoms with Crippen LogP contribution in [0.3, 0.4) is 0 Å². The van der Waals surface area contributed by atoms with Crippen LogP contribution in [0.5, 0.6) is 0 Å². The van der Waals surface area contributed by atoms with Crippen LogP contribution in [0.15, 0.2) is 18.2 Å². The van der Waals surface area contributed by atoms with Gasteiger partial charge in [-0.1, -0.05) is 24.6 Å². The van der Waals surface area contributed by atoms with Crippen LogP contribution in [0.2, 0.25) is 5.02 Å². The summed E-state index contributed by atoms with van der Waals surface area (Å²) in [7, 11) is -3.73. The Hall–Kier alpha value is -1.22. The van der Waals surface area contributed by atoms with Crippen LogP contribution in [0, 0.1) is 5.82 Å². The quantitative estimate of drug-likeness (QED) is 0.720. The van der Waals surface area contributed by atoms with Gasteiger partial charge in [-0.2, -0.15) is 0 Å². The molecule has 0 spiro atoms. The summed E-state index contributed by atoms with van der Waals surface area (Å²) in [5, 5.41) is 8.93. The molecule has 0 saturated heterocycles. The zero-order valence-corrected chi connectivity index (χ0v) is 14.8. The minimum atomic E-state index is -3.73. The second-order valence-corrected chi connectivity index (χ2v) is 8.02. The van der Waals surface area contributed by atoms with Crippen molar-refractivity contribution in [3.63, 3.8) is 0 Å². The molecular weight excluding hydrogens is 359 g/mol. The van der Waals surface area contributed by atoms with Crippen LogP contribution in [-0.4, -0.2) is 49.6 Å². The summed E-state index contributed by atoms with van der Waals surface area (Å²) in [6.07, 6.45) is 1.07. The van der Waals surface area contributed by atoms with Crippen LogP contribution in [-0.2, 0) is 20.6 Å². The molecule has 6 nitrogen and oxygen atoms in total. The highest BCUT2D eigenvalue weighted by Gasteiger charge is 2.36. The van der Waals surface area contributed by atoms with Crippen molar-refractivity contribution in [1.29, 1.82) is 0 Å². The lowest BCUT2D eigenvalue weighted by Crippen LogP contribution is -2.54. The molecule has 0 radical (unpaired) electrons. The first kappa shape index (κ1) is 19.1. The van der Waals surface area contributed by atoms with Gasteiger partial charge in [0.05, 0.1) is 12.3 Å². The zero-order chi connectivity index (χ0) is 17.9. The number of rotatable bonds is 8. The van der Waals surface area contributed by atoms with E-state index in [4.69, 9.17) is 16.7 Å². The number of nitrogens with zero attached hydrogens (tertiary/aromatic N) is 1. The normalized spacial score (nSPS) is 20.8. The van der Waals surface area contributed by atoms with Crippen molar-refractivity contribution in [2.24, 2.45) is 0 Å². The number of benzene rings is 1. The zero-order valence-electron chi connectivity index (χ0n) is 13.2. The van der Waals surface area contributed by atoms with Crippen molar-refractivity contribution in [3.05, 3.63) is 34.6 Å². The Morgan fingerprint density at radius 3 is 2.67 bits per heavy atom. The van der Waals surface area contributed by atoms with Gasteiger partial charge in [-0.05, 0) is 31.5 Å². The minimum Gasteiger partial charge on any atom is -0.480 e. The average Bonchev–Trinajstić information content (AvgIpc) is 2.44. The summed E-state index contributed by atoms with van der Waals surface area (Å²) in [6, 6.07) is 3.80. The van der Waals surface area contributed by atoms with E-state index >= 15 is 0 Å². The highest BCUT2D eigenvalue weighted by molar-refractivity contribution is 7.88. The summed E-state index contributed by atoms with van der Waals surface area (Å²) >= 11 is 5.86. The van der Waals surface area contributed by atoms with Crippen molar-refractivity contribution in [2.45, 2.75) is 37.6 Å². The molecule has 0 aromatic heterocycles. The fourth-order valence-corrected chi connectivity index (χ4v) is 4.58. The second kappa shape index (κ2) is 7.77. The smallest absolute Gasteiger partial charge is 0.317 e. The van der Waals surface area contributed by atoms with Gasteiger partial charge in [0, 0.05) is 22.7 Å². The molecule has 0 atom stereocenters. The second-order valence-electron chi connectivity index (χ2n) is 5.86. The summed E-state index contributed by atoms with van der Waals surface area (Å²) in [6.45, 7) is 2.38. The Bertz CT molecular complexity index is 687. The maximum Gasteiger partial charge on any atom is 0.317 e. The highest BCUT2D eigenvalue weighted by atomic mass is 35.5. The predicted octanol–water partition coefficient (Wildman–Crippen LogP) is 1.84. The van der Waals surface area contributed by atoms with Crippen molar-refractivity contribution in [3.8, 4) is 0 Å². The van der Waals surface area contributed by atoms with Crippen LogP contribution >= 0.6 is 11.6 Å². The van der Waals surface area contributed by atoms with Crippen LogP contribution in [0.25, 0.3) is 0 Å². The predicted molar refractivity (Wildman–Crippen MR) is 88.9 cm³/mol. The first-order chi connectivity index (χ1) is 11.2. The molecule has 0 bridgehead atoms. The van der Waals surface area contributed by atoms with Crippen LogP contribution in [0.1, 0.15) is 25.3 Å². The van der Waals surface area contributed by atoms with Gasteiger partial charge in [-0.25, -0.2) is 17.5 Å². The van der Waals surface area contributed by atoms with E-state index in [2.05, 4.69) is 4.72 Å². The molecule has 1 aliphatic carbocycles. The maximum atomic E-state index is 13.7. The van der Waals surface area contributed by atoms with E-state index in [0.29, 0.717) is 19.4 Å². The van der Waals surface area contributed by atoms with Gasteiger partial charge in [0.2, 0.25) is 10.0 Å². The standard InChI is InChI=1S/C15H20ClFN2O4S/c1-2-19(8-15(20)21)11-6-10(7-11)18-24(22,23)9-12-13(16)4-3-5-14(12)17/h3-5,10-11,18H,2,6-9H2,1H3,(H,20,21). The number of hydrogen-bond acceptors (Lipinski definition) is 4. The molecule has 24 heavy (non-hydrogen) atoms. The lowest BCUT2D eigenvalue weighted by atomic mass is 9.86. The molecule has 1 aliphatic rings. The molecule has 0 amide bonds. The molecule has 2 rings (SSSR count). The molecule has 1 aromatic rings. The lowest BCUT2D eigenvalue weighted by Gasteiger charge is -2.42. The van der Waals surface area contributed by atoms with Gasteiger partial charge in [-0.3, -0.25) is 9.69 Å². The average molecular weight is 379 g/mol. The molecule has 1 fully saturated rings.